The number of fused-ring (bicyclic) bond motifs is 2. The summed E-state index contributed by atoms with van der Waals surface area (Å²) < 4.78 is 19.8. The molecule has 32 heavy (non-hydrogen) atoms. The molecule has 1 aliphatic heterocycles. The van der Waals surface area contributed by atoms with Crippen LogP contribution in [0.2, 0.25) is 0 Å². The van der Waals surface area contributed by atoms with Crippen LogP contribution in [-0.2, 0) is 4.74 Å². The van der Waals surface area contributed by atoms with E-state index in [0.717, 1.165) is 54.1 Å². The van der Waals surface area contributed by atoms with E-state index < -0.39 is 0 Å². The van der Waals surface area contributed by atoms with Crippen molar-refractivity contribution in [2.24, 2.45) is 5.73 Å². The van der Waals surface area contributed by atoms with Crippen LogP contribution in [0, 0.1) is 0 Å². The number of anilines is 1. The molecule has 2 N–H and O–H groups in total. The van der Waals surface area contributed by atoms with E-state index in [2.05, 4.69) is 33.8 Å². The molecule has 1 saturated heterocycles. The largest absolute Gasteiger partial charge is 0.473 e. The number of morpholine rings is 1. The fraction of sp³-hybridized carbons (Fsp3) is 0.435. The zero-order chi connectivity index (χ0) is 21.9. The van der Waals surface area contributed by atoms with Gasteiger partial charge in [-0.25, -0.2) is 14.5 Å². The van der Waals surface area contributed by atoms with Crippen LogP contribution in [0.3, 0.4) is 0 Å². The summed E-state index contributed by atoms with van der Waals surface area (Å²) in [6, 6.07) is 7.87. The quantitative estimate of drug-likeness (QED) is 0.523. The van der Waals surface area contributed by atoms with Gasteiger partial charge in [-0.15, -0.1) is 5.10 Å². The van der Waals surface area contributed by atoms with Crippen molar-refractivity contribution >= 4 is 22.4 Å². The molecule has 0 bridgehead atoms. The van der Waals surface area contributed by atoms with Gasteiger partial charge in [0.05, 0.1) is 23.8 Å². The number of ether oxygens (including phenoxy) is 2. The van der Waals surface area contributed by atoms with Crippen LogP contribution >= 0.6 is 0 Å². The highest BCUT2D eigenvalue weighted by molar-refractivity contribution is 5.92. The second-order valence-corrected chi connectivity index (χ2v) is 9.24. The summed E-state index contributed by atoms with van der Waals surface area (Å²) in [5, 5.41) is 5.61. The molecule has 9 nitrogen and oxygen atoms in total. The number of nitrogens with two attached hydrogens (primary N) is 1. The van der Waals surface area contributed by atoms with E-state index in [1.165, 1.54) is 0 Å². The molecule has 0 unspecified atom stereocenters. The van der Waals surface area contributed by atoms with Gasteiger partial charge in [-0.3, -0.25) is 0 Å². The van der Waals surface area contributed by atoms with E-state index in [-0.39, 0.29) is 17.7 Å². The predicted octanol–water partition coefficient (Wildman–Crippen LogP) is 3.02. The van der Waals surface area contributed by atoms with Gasteiger partial charge in [0.2, 0.25) is 5.88 Å². The van der Waals surface area contributed by atoms with E-state index in [1.807, 2.05) is 24.3 Å². The molecule has 0 aromatic carbocycles. The maximum atomic E-state index is 6.22. The highest BCUT2D eigenvalue weighted by atomic mass is 16.5. The van der Waals surface area contributed by atoms with Crippen LogP contribution in [0.5, 0.6) is 5.88 Å². The minimum Gasteiger partial charge on any atom is -0.473 e. The van der Waals surface area contributed by atoms with Crippen molar-refractivity contribution in [1.29, 1.82) is 0 Å². The van der Waals surface area contributed by atoms with Gasteiger partial charge in [0.25, 0.3) is 0 Å². The van der Waals surface area contributed by atoms with Gasteiger partial charge in [-0.2, -0.15) is 0 Å². The first-order chi connectivity index (χ1) is 15.4. The number of hydrogen-bond acceptors (Lipinski definition) is 8. The number of furan rings is 1. The second kappa shape index (κ2) is 7.18. The first-order valence-corrected chi connectivity index (χ1v) is 11.0. The number of aromatic nitrogens is 4. The molecule has 1 saturated carbocycles. The van der Waals surface area contributed by atoms with E-state index in [1.54, 1.807) is 16.9 Å². The van der Waals surface area contributed by atoms with E-state index in [0.29, 0.717) is 18.2 Å². The number of nitrogens with zero attached hydrogens (tertiary/aromatic N) is 5. The lowest BCUT2D eigenvalue weighted by atomic mass is 9.90. The fourth-order valence-corrected chi connectivity index (χ4v) is 4.48. The Hall–Kier alpha value is -3.17. The molecule has 5 heterocycles. The molecule has 0 radical (unpaired) electrons. The van der Waals surface area contributed by atoms with Crippen LogP contribution in [-0.4, -0.2) is 57.0 Å². The molecule has 2 aliphatic rings. The molecule has 0 spiro atoms. The van der Waals surface area contributed by atoms with Crippen molar-refractivity contribution in [2.45, 2.75) is 44.4 Å². The Labute approximate surface area is 185 Å². The highest BCUT2D eigenvalue weighted by Crippen LogP contribution is 2.34. The average Bonchev–Trinajstić information content (AvgIpc) is 3.35. The Morgan fingerprint density at radius 2 is 2.06 bits per heavy atom. The summed E-state index contributed by atoms with van der Waals surface area (Å²) in [6.07, 6.45) is 5.39. The normalized spacial score (nSPS) is 22.9. The Bertz CT molecular complexity index is 1290. The van der Waals surface area contributed by atoms with Crippen LogP contribution in [0.4, 0.5) is 5.82 Å². The summed E-state index contributed by atoms with van der Waals surface area (Å²) in [4.78, 5) is 11.4. The smallest absolute Gasteiger partial charge is 0.232 e. The summed E-state index contributed by atoms with van der Waals surface area (Å²) in [5.74, 6) is 2.15. The van der Waals surface area contributed by atoms with Crippen molar-refractivity contribution in [3.63, 3.8) is 0 Å². The van der Waals surface area contributed by atoms with Crippen molar-refractivity contribution in [1.82, 2.24) is 19.6 Å². The molecule has 9 heteroatoms. The van der Waals surface area contributed by atoms with Crippen molar-refractivity contribution in [2.75, 3.05) is 24.6 Å². The molecule has 4 aromatic heterocycles. The minimum atomic E-state index is -0.221. The number of pyridine rings is 1. The minimum absolute atomic E-state index is 0.125. The van der Waals surface area contributed by atoms with E-state index >= 15 is 0 Å². The maximum absolute atomic E-state index is 6.22. The van der Waals surface area contributed by atoms with Crippen LogP contribution in [0.25, 0.3) is 28.1 Å². The van der Waals surface area contributed by atoms with Gasteiger partial charge in [-0.1, -0.05) is 0 Å². The molecule has 2 fully saturated rings. The van der Waals surface area contributed by atoms with Crippen LogP contribution in [0.1, 0.15) is 26.7 Å². The molecule has 6 rings (SSSR count). The van der Waals surface area contributed by atoms with E-state index in [9.17, 15) is 0 Å². The molecule has 166 valence electrons. The average molecular weight is 435 g/mol. The zero-order valence-electron chi connectivity index (χ0n) is 18.2. The molecular formula is C23H26N6O3. The van der Waals surface area contributed by atoms with Crippen molar-refractivity contribution < 1.29 is 13.9 Å². The second-order valence-electron chi connectivity index (χ2n) is 9.24. The highest BCUT2D eigenvalue weighted by Gasteiger charge is 2.30. The first-order valence-electron chi connectivity index (χ1n) is 11.0. The lowest BCUT2D eigenvalue weighted by molar-refractivity contribution is -0.0278. The van der Waals surface area contributed by atoms with Gasteiger partial charge in [-0.05, 0) is 44.9 Å². The number of imidazole rings is 1. The SMILES string of the molecule is CC1(C)CN(c2nccc3oc(-c4cnc5ccc(O[C@H]6C[C@H](N)C6)nn45)cc23)CCO1. The van der Waals surface area contributed by atoms with Gasteiger partial charge >= 0.3 is 0 Å². The third-order valence-corrected chi connectivity index (χ3v) is 6.16. The Morgan fingerprint density at radius 3 is 2.88 bits per heavy atom. The monoisotopic (exact) mass is 434 g/mol. The summed E-state index contributed by atoms with van der Waals surface area (Å²) in [5.41, 5.74) is 7.92. The molecule has 0 atom stereocenters. The summed E-state index contributed by atoms with van der Waals surface area (Å²) in [6.45, 7) is 6.42. The Balaban J connectivity index is 1.37. The number of hydrogen-bond donors (Lipinski definition) is 1. The Morgan fingerprint density at radius 1 is 1.19 bits per heavy atom. The lowest BCUT2D eigenvalue weighted by Gasteiger charge is -2.38. The maximum Gasteiger partial charge on any atom is 0.232 e. The molecule has 0 amide bonds. The zero-order valence-corrected chi connectivity index (χ0v) is 18.2. The molecular weight excluding hydrogens is 408 g/mol. The summed E-state index contributed by atoms with van der Waals surface area (Å²) >= 11 is 0. The van der Waals surface area contributed by atoms with Gasteiger partial charge in [0.15, 0.2) is 11.4 Å². The third kappa shape index (κ3) is 3.37. The molecule has 4 aromatic rings. The van der Waals surface area contributed by atoms with Gasteiger partial charge in [0.1, 0.15) is 23.2 Å². The summed E-state index contributed by atoms with van der Waals surface area (Å²) in [7, 11) is 0. The topological polar surface area (TPSA) is 104 Å². The van der Waals surface area contributed by atoms with Crippen molar-refractivity contribution in [3.8, 4) is 17.3 Å². The standard InChI is InChI=1S/C23H26N6O3/c1-23(2)13-28(7-8-30-23)22-16-11-19(32-18(16)5-6-25-22)17-12-26-20-3-4-21(27-29(17)20)31-15-9-14(24)10-15/h3-6,11-12,14-15H,7-10,13,24H2,1-2H3/t14-,15-. The molecule has 1 aliphatic carbocycles. The van der Waals surface area contributed by atoms with Crippen LogP contribution in [0.15, 0.2) is 41.1 Å². The van der Waals surface area contributed by atoms with Crippen molar-refractivity contribution in [3.05, 3.63) is 36.7 Å². The van der Waals surface area contributed by atoms with Crippen LogP contribution < -0.4 is 15.4 Å². The first kappa shape index (κ1) is 19.5. The fourth-order valence-electron chi connectivity index (χ4n) is 4.48. The lowest BCUT2D eigenvalue weighted by Crippen LogP contribution is -2.48. The van der Waals surface area contributed by atoms with Gasteiger partial charge in [0, 0.05) is 31.4 Å². The predicted molar refractivity (Wildman–Crippen MR) is 120 cm³/mol. The third-order valence-electron chi connectivity index (χ3n) is 6.16. The van der Waals surface area contributed by atoms with E-state index in [4.69, 9.17) is 19.6 Å². The van der Waals surface area contributed by atoms with Gasteiger partial charge < -0.3 is 24.5 Å². The Kier molecular flexibility index (Phi) is 4.38. The number of rotatable bonds is 4.